The van der Waals surface area contributed by atoms with Crippen LogP contribution in [0.25, 0.3) is 0 Å². The highest BCUT2D eigenvalue weighted by atomic mass is 35.5. The van der Waals surface area contributed by atoms with Crippen LogP contribution in [0, 0.1) is 18.3 Å². The van der Waals surface area contributed by atoms with Crippen LogP contribution in [0.15, 0.2) is 17.1 Å². The van der Waals surface area contributed by atoms with Crippen LogP contribution in [0.5, 0.6) is 10.8 Å². The second kappa shape index (κ2) is 6.83. The van der Waals surface area contributed by atoms with Crippen molar-refractivity contribution in [2.45, 2.75) is 24.6 Å². The fourth-order valence-corrected chi connectivity index (χ4v) is 3.51. The van der Waals surface area contributed by atoms with Crippen LogP contribution in [0.2, 0.25) is 5.02 Å². The van der Waals surface area contributed by atoms with Gasteiger partial charge in [0, 0.05) is 31.7 Å². The molecule has 0 amide bonds. The van der Waals surface area contributed by atoms with Gasteiger partial charge in [-0.3, -0.25) is 0 Å². The lowest BCUT2D eigenvalue weighted by atomic mass is 10.2. The number of hydrogen-bond donors (Lipinski definition) is 0. The van der Waals surface area contributed by atoms with Crippen molar-refractivity contribution in [2.24, 2.45) is 4.99 Å². The highest BCUT2D eigenvalue weighted by molar-refractivity contribution is 7.08. The summed E-state index contributed by atoms with van der Waals surface area (Å²) >= 11 is 13.8. The molecule has 0 saturated heterocycles. The van der Waals surface area contributed by atoms with E-state index >= 15 is 0 Å². The van der Waals surface area contributed by atoms with Crippen molar-refractivity contribution in [1.82, 2.24) is 9.27 Å². The molecule has 2 aromatic rings. The zero-order valence-corrected chi connectivity index (χ0v) is 16.3. The van der Waals surface area contributed by atoms with Gasteiger partial charge in [-0.25, -0.2) is 4.99 Å². The predicted molar refractivity (Wildman–Crippen MR) is 102 cm³/mol. The summed E-state index contributed by atoms with van der Waals surface area (Å²) in [7, 11) is 3.77. The molecule has 1 aromatic carbocycles. The number of ether oxygens (including phenoxy) is 1. The first-order valence-electron chi connectivity index (χ1n) is 7.62. The van der Waals surface area contributed by atoms with Crippen LogP contribution in [-0.4, -0.2) is 29.7 Å². The number of nitrogens with zero attached hydrogens (tertiary/aromatic N) is 4. The molecule has 8 heteroatoms. The number of hydrogen-bond acceptors (Lipinski definition) is 5. The lowest BCUT2D eigenvalue weighted by molar-refractivity contribution is 0.490. The van der Waals surface area contributed by atoms with Gasteiger partial charge in [0.2, 0.25) is 5.06 Å². The van der Waals surface area contributed by atoms with Gasteiger partial charge in [0.15, 0.2) is 0 Å². The second-order valence-corrected chi connectivity index (χ2v) is 8.02. The molecule has 130 valence electrons. The van der Waals surface area contributed by atoms with E-state index < -0.39 is 4.87 Å². The third kappa shape index (κ3) is 3.74. The standard InChI is InChI=1S/C17H16Cl2N4OS/c1-10-6-13(21-9-23(2)3)12(18)7-14(10)24-16-11(8-20)15(22-25-16)17(19)4-5-17/h6-7,9H,4-5H2,1-3H3/b21-9-. The van der Waals surface area contributed by atoms with Gasteiger partial charge in [0.25, 0.3) is 0 Å². The van der Waals surface area contributed by atoms with Gasteiger partial charge in [0.1, 0.15) is 17.4 Å². The van der Waals surface area contributed by atoms with Crippen LogP contribution in [0.4, 0.5) is 5.69 Å². The zero-order chi connectivity index (χ0) is 18.2. The van der Waals surface area contributed by atoms with Gasteiger partial charge in [-0.15, -0.1) is 11.6 Å². The highest BCUT2D eigenvalue weighted by Crippen LogP contribution is 2.54. The monoisotopic (exact) mass is 394 g/mol. The number of aromatic nitrogens is 1. The molecule has 0 aliphatic heterocycles. The number of aliphatic imine (C=N–C) groups is 1. The van der Waals surface area contributed by atoms with E-state index in [0.29, 0.717) is 32.8 Å². The topological polar surface area (TPSA) is 61.5 Å². The maximum Gasteiger partial charge on any atom is 0.218 e. The van der Waals surface area contributed by atoms with Gasteiger partial charge < -0.3 is 9.64 Å². The number of rotatable bonds is 5. The Morgan fingerprint density at radius 3 is 2.76 bits per heavy atom. The molecule has 25 heavy (non-hydrogen) atoms. The highest BCUT2D eigenvalue weighted by Gasteiger charge is 2.47. The Morgan fingerprint density at radius 2 is 2.16 bits per heavy atom. The van der Waals surface area contributed by atoms with Crippen molar-refractivity contribution in [1.29, 1.82) is 5.26 Å². The molecule has 1 fully saturated rings. The molecule has 1 aliphatic rings. The summed E-state index contributed by atoms with van der Waals surface area (Å²) in [5.74, 6) is 0.569. The molecule has 1 heterocycles. The van der Waals surface area contributed by atoms with E-state index in [4.69, 9.17) is 27.9 Å². The lowest BCUT2D eigenvalue weighted by Gasteiger charge is -2.10. The van der Waals surface area contributed by atoms with E-state index in [-0.39, 0.29) is 0 Å². The van der Waals surface area contributed by atoms with Gasteiger partial charge in [-0.2, -0.15) is 9.64 Å². The molecule has 1 aliphatic carbocycles. The van der Waals surface area contributed by atoms with Crippen molar-refractivity contribution in [3.8, 4) is 16.9 Å². The van der Waals surface area contributed by atoms with Gasteiger partial charge >= 0.3 is 0 Å². The maximum atomic E-state index is 9.48. The Labute approximate surface area is 160 Å². The van der Waals surface area contributed by atoms with Crippen molar-refractivity contribution in [2.75, 3.05) is 14.1 Å². The molecule has 1 saturated carbocycles. The summed E-state index contributed by atoms with van der Waals surface area (Å²) < 4.78 is 10.3. The summed E-state index contributed by atoms with van der Waals surface area (Å²) in [6.07, 6.45) is 3.34. The minimum Gasteiger partial charge on any atom is -0.443 e. The number of alkyl halides is 1. The molecule has 0 radical (unpaired) electrons. The van der Waals surface area contributed by atoms with Crippen molar-refractivity contribution >= 4 is 46.8 Å². The second-order valence-electron chi connectivity index (χ2n) is 6.15. The van der Waals surface area contributed by atoms with Crippen LogP contribution in [-0.2, 0) is 4.87 Å². The first-order chi connectivity index (χ1) is 11.8. The quantitative estimate of drug-likeness (QED) is 0.396. The Morgan fingerprint density at radius 1 is 1.44 bits per heavy atom. The molecule has 0 spiro atoms. The summed E-state index contributed by atoms with van der Waals surface area (Å²) in [6.45, 7) is 1.90. The van der Waals surface area contributed by atoms with Crippen molar-refractivity contribution in [3.63, 3.8) is 0 Å². The number of nitriles is 1. The van der Waals surface area contributed by atoms with E-state index in [1.807, 2.05) is 32.0 Å². The number of aryl methyl sites for hydroxylation is 1. The zero-order valence-electron chi connectivity index (χ0n) is 14.0. The van der Waals surface area contributed by atoms with E-state index in [1.54, 1.807) is 12.4 Å². The van der Waals surface area contributed by atoms with Crippen molar-refractivity contribution < 1.29 is 4.74 Å². The molecule has 0 bridgehead atoms. The molecule has 5 nitrogen and oxygen atoms in total. The maximum absolute atomic E-state index is 9.48. The lowest BCUT2D eigenvalue weighted by Crippen LogP contribution is -2.07. The third-order valence-electron chi connectivity index (χ3n) is 3.76. The normalized spacial score (nSPS) is 15.2. The average molecular weight is 395 g/mol. The molecule has 0 atom stereocenters. The Bertz CT molecular complexity index is 882. The Kier molecular flexibility index (Phi) is 4.92. The first kappa shape index (κ1) is 18.0. The molecule has 1 aromatic heterocycles. The fourth-order valence-electron chi connectivity index (χ4n) is 2.23. The Hall–Kier alpha value is -1.81. The average Bonchev–Trinajstić information content (AvgIpc) is 3.16. The molecule has 0 N–H and O–H groups in total. The van der Waals surface area contributed by atoms with Crippen LogP contribution in [0.1, 0.15) is 29.7 Å². The predicted octanol–water partition coefficient (Wildman–Crippen LogP) is 5.22. The van der Waals surface area contributed by atoms with E-state index in [1.165, 1.54) is 0 Å². The summed E-state index contributed by atoms with van der Waals surface area (Å²) in [4.78, 5) is 5.65. The van der Waals surface area contributed by atoms with Crippen molar-refractivity contribution in [3.05, 3.63) is 34.0 Å². The number of halogens is 2. The minimum atomic E-state index is -0.499. The van der Waals surface area contributed by atoms with Crippen LogP contribution < -0.4 is 4.74 Å². The largest absolute Gasteiger partial charge is 0.443 e. The summed E-state index contributed by atoms with van der Waals surface area (Å²) in [6, 6.07) is 5.71. The molecule has 0 unspecified atom stereocenters. The molecule has 3 rings (SSSR count). The molecular weight excluding hydrogens is 379 g/mol. The number of benzene rings is 1. The Balaban J connectivity index is 1.90. The van der Waals surface area contributed by atoms with E-state index in [9.17, 15) is 5.26 Å². The van der Waals surface area contributed by atoms with Crippen LogP contribution >= 0.6 is 34.7 Å². The first-order valence-corrected chi connectivity index (χ1v) is 9.15. The third-order valence-corrected chi connectivity index (χ3v) is 5.35. The summed E-state index contributed by atoms with van der Waals surface area (Å²) in [5.41, 5.74) is 2.54. The smallest absolute Gasteiger partial charge is 0.218 e. The van der Waals surface area contributed by atoms with E-state index in [2.05, 4.69) is 15.4 Å². The van der Waals surface area contributed by atoms with E-state index in [0.717, 1.165) is 29.9 Å². The summed E-state index contributed by atoms with van der Waals surface area (Å²) in [5, 5.41) is 10.4. The minimum absolute atomic E-state index is 0.405. The van der Waals surface area contributed by atoms with Gasteiger partial charge in [-0.1, -0.05) is 11.6 Å². The van der Waals surface area contributed by atoms with Gasteiger partial charge in [0.05, 0.1) is 27.6 Å². The molecular formula is C17H16Cl2N4OS. The fraction of sp³-hybridized carbons (Fsp3) is 0.353. The van der Waals surface area contributed by atoms with Crippen LogP contribution in [0.3, 0.4) is 0 Å². The van der Waals surface area contributed by atoms with Gasteiger partial charge in [-0.05, 0) is 31.4 Å². The SMILES string of the molecule is Cc1cc(/N=C\N(C)C)c(Cl)cc1Oc1snc(C2(Cl)CC2)c1C#N.